The van der Waals surface area contributed by atoms with Crippen LogP contribution in [0, 0.1) is 11.3 Å². The molecule has 0 aliphatic rings. The van der Waals surface area contributed by atoms with Gasteiger partial charge in [0.1, 0.15) is 5.82 Å². The Morgan fingerprint density at radius 1 is 1.19 bits per heavy atom. The first-order valence-electron chi connectivity index (χ1n) is 6.54. The summed E-state index contributed by atoms with van der Waals surface area (Å²) in [6.07, 6.45) is 0.249. The van der Waals surface area contributed by atoms with E-state index >= 15 is 0 Å². The minimum Gasteiger partial charge on any atom is -0.398 e. The lowest BCUT2D eigenvalue weighted by atomic mass is 10.1. The van der Waals surface area contributed by atoms with Gasteiger partial charge in [0.25, 0.3) is 0 Å². The van der Waals surface area contributed by atoms with Gasteiger partial charge >= 0.3 is 0 Å². The molecule has 0 fully saturated rings. The highest BCUT2D eigenvalue weighted by Gasteiger charge is 2.13. The molecular formula is C16H13ClN4. The molecule has 0 spiro atoms. The molecule has 2 N–H and O–H groups in total. The highest BCUT2D eigenvalue weighted by molar-refractivity contribution is 6.31. The number of benzene rings is 2. The van der Waals surface area contributed by atoms with E-state index in [0.29, 0.717) is 17.3 Å². The topological polar surface area (TPSA) is 67.6 Å². The second-order valence-corrected chi connectivity index (χ2v) is 5.15. The van der Waals surface area contributed by atoms with Crippen molar-refractivity contribution in [1.82, 2.24) is 9.55 Å². The number of nitrogens with two attached hydrogens (primary N) is 1. The lowest BCUT2D eigenvalue weighted by molar-refractivity contribution is 0.771. The predicted molar refractivity (Wildman–Crippen MR) is 84.0 cm³/mol. The smallest absolute Gasteiger partial charge is 0.124 e. The summed E-state index contributed by atoms with van der Waals surface area (Å²) in [5.41, 5.74) is 9.36. The van der Waals surface area contributed by atoms with Crippen LogP contribution in [0.2, 0.25) is 5.02 Å². The Morgan fingerprint density at radius 3 is 2.76 bits per heavy atom. The number of imidazole rings is 1. The number of nitriles is 1. The van der Waals surface area contributed by atoms with Crippen molar-refractivity contribution in [3.05, 3.63) is 58.9 Å². The molecule has 3 aromatic rings. The highest BCUT2D eigenvalue weighted by atomic mass is 35.5. The van der Waals surface area contributed by atoms with Gasteiger partial charge in [0.15, 0.2) is 0 Å². The number of aromatic nitrogens is 2. The van der Waals surface area contributed by atoms with Gasteiger partial charge in [0.2, 0.25) is 0 Å². The van der Waals surface area contributed by atoms with Crippen LogP contribution in [0.1, 0.15) is 11.4 Å². The number of fused-ring (bicyclic) bond motifs is 1. The fraction of sp³-hybridized carbons (Fsp3) is 0.125. The van der Waals surface area contributed by atoms with E-state index in [2.05, 4.69) is 11.1 Å². The second-order valence-electron chi connectivity index (χ2n) is 4.75. The van der Waals surface area contributed by atoms with Crippen LogP contribution in [0.3, 0.4) is 0 Å². The Labute approximate surface area is 127 Å². The van der Waals surface area contributed by atoms with Gasteiger partial charge in [-0.15, -0.1) is 0 Å². The first kappa shape index (κ1) is 13.5. The number of anilines is 1. The SMILES string of the molecule is N#CCc1nc2ccccc2n1Cc1c(N)cccc1Cl. The summed E-state index contributed by atoms with van der Waals surface area (Å²) in [5.74, 6) is 0.720. The third kappa shape index (κ3) is 2.44. The molecule has 0 amide bonds. The maximum atomic E-state index is 8.99. The minimum atomic E-state index is 0.249. The van der Waals surface area contributed by atoms with E-state index in [1.807, 2.05) is 47.0 Å². The van der Waals surface area contributed by atoms with E-state index in [1.165, 1.54) is 0 Å². The Kier molecular flexibility index (Phi) is 3.51. The minimum absolute atomic E-state index is 0.249. The molecule has 0 radical (unpaired) electrons. The quantitative estimate of drug-likeness (QED) is 0.753. The zero-order valence-corrected chi connectivity index (χ0v) is 12.0. The van der Waals surface area contributed by atoms with E-state index in [-0.39, 0.29) is 6.42 Å². The maximum Gasteiger partial charge on any atom is 0.124 e. The predicted octanol–water partition coefficient (Wildman–Crippen LogP) is 3.39. The third-order valence-electron chi connectivity index (χ3n) is 3.44. The molecule has 21 heavy (non-hydrogen) atoms. The van der Waals surface area contributed by atoms with E-state index in [4.69, 9.17) is 22.6 Å². The summed E-state index contributed by atoms with van der Waals surface area (Å²) in [4.78, 5) is 4.51. The summed E-state index contributed by atoms with van der Waals surface area (Å²) in [6, 6.07) is 15.4. The van der Waals surface area contributed by atoms with Gasteiger partial charge < -0.3 is 10.3 Å². The second kappa shape index (κ2) is 5.47. The molecule has 4 nitrogen and oxygen atoms in total. The molecule has 3 rings (SSSR count). The van der Waals surface area contributed by atoms with Crippen molar-refractivity contribution in [3.8, 4) is 6.07 Å². The fourth-order valence-electron chi connectivity index (χ4n) is 2.41. The van der Waals surface area contributed by atoms with Gasteiger partial charge in [-0.1, -0.05) is 29.8 Å². The molecule has 0 atom stereocenters. The van der Waals surface area contributed by atoms with Crippen molar-refractivity contribution in [1.29, 1.82) is 5.26 Å². The lowest BCUT2D eigenvalue weighted by Gasteiger charge is -2.11. The maximum absolute atomic E-state index is 8.99. The normalized spacial score (nSPS) is 10.7. The first-order chi connectivity index (χ1) is 10.2. The van der Waals surface area contributed by atoms with Crippen LogP contribution in [-0.2, 0) is 13.0 Å². The molecule has 0 saturated heterocycles. The summed E-state index contributed by atoms with van der Waals surface area (Å²) in [7, 11) is 0. The third-order valence-corrected chi connectivity index (χ3v) is 3.80. The van der Waals surface area contributed by atoms with Crippen molar-refractivity contribution in [3.63, 3.8) is 0 Å². The van der Waals surface area contributed by atoms with Crippen molar-refractivity contribution in [2.75, 3.05) is 5.73 Å². The van der Waals surface area contributed by atoms with Crippen LogP contribution in [0.5, 0.6) is 0 Å². The van der Waals surface area contributed by atoms with Gasteiger partial charge in [-0.25, -0.2) is 4.98 Å². The van der Waals surface area contributed by atoms with Gasteiger partial charge in [-0.3, -0.25) is 0 Å². The van der Waals surface area contributed by atoms with Crippen LogP contribution >= 0.6 is 11.6 Å². The molecule has 104 valence electrons. The molecule has 2 aromatic carbocycles. The van der Waals surface area contributed by atoms with E-state index < -0.39 is 0 Å². The summed E-state index contributed by atoms with van der Waals surface area (Å²) >= 11 is 6.25. The van der Waals surface area contributed by atoms with Crippen molar-refractivity contribution >= 4 is 28.3 Å². The standard InChI is InChI=1S/C16H13ClN4/c17-12-4-3-5-13(19)11(12)10-21-15-7-2-1-6-14(15)20-16(21)8-9-18/h1-7H,8,10,19H2. The molecule has 0 unspecified atom stereocenters. The van der Waals surface area contributed by atoms with E-state index in [1.54, 1.807) is 0 Å². The largest absolute Gasteiger partial charge is 0.398 e. The number of nitrogen functional groups attached to an aromatic ring is 1. The molecule has 0 aliphatic heterocycles. The monoisotopic (exact) mass is 296 g/mol. The van der Waals surface area contributed by atoms with Gasteiger partial charge in [-0.2, -0.15) is 5.26 Å². The number of nitrogens with zero attached hydrogens (tertiary/aromatic N) is 3. The Bertz CT molecular complexity index is 825. The molecule has 5 heteroatoms. The van der Waals surface area contributed by atoms with E-state index in [0.717, 1.165) is 22.4 Å². The average Bonchev–Trinajstić information content (AvgIpc) is 2.81. The number of hydrogen-bond donors (Lipinski definition) is 1. The van der Waals surface area contributed by atoms with E-state index in [9.17, 15) is 0 Å². The van der Waals surface area contributed by atoms with Crippen LogP contribution in [0.25, 0.3) is 11.0 Å². The highest BCUT2D eigenvalue weighted by Crippen LogP contribution is 2.26. The first-order valence-corrected chi connectivity index (χ1v) is 6.92. The molecule has 0 aliphatic carbocycles. The summed E-state index contributed by atoms with van der Waals surface area (Å²) in [6.45, 7) is 0.503. The fourth-order valence-corrected chi connectivity index (χ4v) is 2.65. The number of hydrogen-bond acceptors (Lipinski definition) is 3. The summed E-state index contributed by atoms with van der Waals surface area (Å²) < 4.78 is 2.00. The molecule has 1 aromatic heterocycles. The van der Waals surface area contributed by atoms with Crippen molar-refractivity contribution < 1.29 is 0 Å². The van der Waals surface area contributed by atoms with Crippen LogP contribution in [0.15, 0.2) is 42.5 Å². The zero-order chi connectivity index (χ0) is 14.8. The van der Waals surface area contributed by atoms with Crippen molar-refractivity contribution in [2.24, 2.45) is 0 Å². The Hall–Kier alpha value is -2.51. The van der Waals surface area contributed by atoms with Gasteiger partial charge in [-0.05, 0) is 24.3 Å². The lowest BCUT2D eigenvalue weighted by Crippen LogP contribution is -2.07. The van der Waals surface area contributed by atoms with Crippen LogP contribution in [-0.4, -0.2) is 9.55 Å². The number of para-hydroxylation sites is 2. The van der Waals surface area contributed by atoms with Crippen LogP contribution in [0.4, 0.5) is 5.69 Å². The molecular weight excluding hydrogens is 284 g/mol. The number of halogens is 1. The number of rotatable bonds is 3. The van der Waals surface area contributed by atoms with Gasteiger partial charge in [0, 0.05) is 16.3 Å². The molecule has 1 heterocycles. The Balaban J connectivity index is 2.15. The molecule has 0 bridgehead atoms. The summed E-state index contributed by atoms with van der Waals surface area (Å²) in [5, 5.41) is 9.61. The molecule has 0 saturated carbocycles. The van der Waals surface area contributed by atoms with Crippen LogP contribution < -0.4 is 5.73 Å². The Morgan fingerprint density at radius 2 is 2.00 bits per heavy atom. The zero-order valence-electron chi connectivity index (χ0n) is 11.3. The average molecular weight is 297 g/mol. The van der Waals surface area contributed by atoms with Crippen molar-refractivity contribution in [2.45, 2.75) is 13.0 Å². The van der Waals surface area contributed by atoms with Gasteiger partial charge in [0.05, 0.1) is 30.1 Å².